The number of aliphatic hydroxyl groups excluding tert-OH is 3. The third kappa shape index (κ3) is 2.23. The van der Waals surface area contributed by atoms with Crippen LogP contribution in [0.1, 0.15) is 2.74 Å². The molecule has 0 aromatic rings. The van der Waals surface area contributed by atoms with Gasteiger partial charge in [-0.3, -0.25) is 0 Å². The van der Waals surface area contributed by atoms with Gasteiger partial charge in [0, 0.05) is 0 Å². The lowest BCUT2D eigenvalue weighted by Crippen LogP contribution is -2.31. The van der Waals surface area contributed by atoms with Gasteiger partial charge >= 0.3 is 0 Å². The van der Waals surface area contributed by atoms with E-state index in [0.717, 1.165) is 0 Å². The van der Waals surface area contributed by atoms with Gasteiger partial charge in [-0.1, -0.05) is 0 Å². The fourth-order valence-corrected chi connectivity index (χ4v) is 0.186. The van der Waals surface area contributed by atoms with E-state index in [1.54, 1.807) is 0 Å². The first-order chi connectivity index (χ1) is 4.39. The van der Waals surface area contributed by atoms with Crippen LogP contribution in [0.2, 0.25) is 0 Å². The summed E-state index contributed by atoms with van der Waals surface area (Å²) in [5.74, 6) is 0. The standard InChI is InChI=1S/C4H10O4/c5-1-3(7)4(8)2-6/h3-8H,1-2H2/t3-,4+/i1D2/m0/s1. The first kappa shape index (κ1) is 4.69. The highest BCUT2D eigenvalue weighted by atomic mass is 16.4. The topological polar surface area (TPSA) is 80.9 Å². The van der Waals surface area contributed by atoms with Gasteiger partial charge in [0.25, 0.3) is 0 Å². The SMILES string of the molecule is [2H]C([2H])(O)[C@H](O)[C@H](O)CO. The molecule has 0 heterocycles. The lowest BCUT2D eigenvalue weighted by atomic mass is 10.2. The van der Waals surface area contributed by atoms with Crippen LogP contribution in [-0.4, -0.2) is 45.8 Å². The first-order valence-electron chi connectivity index (χ1n) is 3.09. The van der Waals surface area contributed by atoms with Crippen molar-refractivity contribution in [2.45, 2.75) is 12.2 Å². The van der Waals surface area contributed by atoms with E-state index in [2.05, 4.69) is 0 Å². The highest BCUT2D eigenvalue weighted by Gasteiger charge is 2.12. The van der Waals surface area contributed by atoms with Gasteiger partial charge in [-0.05, 0) is 0 Å². The Morgan fingerprint density at radius 1 is 1.25 bits per heavy atom. The van der Waals surface area contributed by atoms with Gasteiger partial charge in [-0.25, -0.2) is 0 Å². The lowest BCUT2D eigenvalue weighted by molar-refractivity contribution is -0.0388. The Morgan fingerprint density at radius 3 is 1.88 bits per heavy atom. The Kier molecular flexibility index (Phi) is 2.23. The molecule has 0 bridgehead atoms. The van der Waals surface area contributed by atoms with E-state index in [4.69, 9.17) is 23.2 Å². The molecule has 0 amide bonds. The van der Waals surface area contributed by atoms with Crippen molar-refractivity contribution in [2.75, 3.05) is 13.2 Å². The summed E-state index contributed by atoms with van der Waals surface area (Å²) in [5, 5.41) is 33.8. The fraction of sp³-hybridized carbons (Fsp3) is 1.00. The summed E-state index contributed by atoms with van der Waals surface area (Å²) in [5.41, 5.74) is 0. The maximum absolute atomic E-state index is 8.62. The average Bonchev–Trinajstić information content (AvgIpc) is 1.83. The number of hydrogen-bond donors (Lipinski definition) is 4. The highest BCUT2D eigenvalue weighted by Crippen LogP contribution is 1.88. The molecular weight excluding hydrogens is 112 g/mol. The van der Waals surface area contributed by atoms with Crippen LogP contribution < -0.4 is 0 Å². The molecule has 0 unspecified atom stereocenters. The van der Waals surface area contributed by atoms with E-state index < -0.39 is 25.4 Å². The summed E-state index contributed by atoms with van der Waals surface area (Å²) in [7, 11) is 0. The van der Waals surface area contributed by atoms with Crippen LogP contribution in [0.25, 0.3) is 0 Å². The normalized spacial score (nSPS) is 23.5. The van der Waals surface area contributed by atoms with Crippen molar-refractivity contribution in [3.63, 3.8) is 0 Å². The van der Waals surface area contributed by atoms with Crippen molar-refractivity contribution in [1.29, 1.82) is 0 Å². The summed E-state index contributed by atoms with van der Waals surface area (Å²) in [4.78, 5) is 0. The first-order valence-corrected chi connectivity index (χ1v) is 2.09. The molecular formula is C4H10O4. The number of aliphatic hydroxyl groups is 4. The summed E-state index contributed by atoms with van der Waals surface area (Å²) < 4.78 is 12.9. The predicted octanol–water partition coefficient (Wildman–Crippen LogP) is -2.31. The molecule has 8 heavy (non-hydrogen) atoms. The minimum atomic E-state index is -2.87. The Balaban J connectivity index is 3.94. The Morgan fingerprint density at radius 2 is 1.75 bits per heavy atom. The quantitative estimate of drug-likeness (QED) is 0.341. The van der Waals surface area contributed by atoms with Crippen molar-refractivity contribution in [3.8, 4) is 0 Å². The molecule has 0 aromatic carbocycles. The average molecular weight is 124 g/mol. The molecule has 4 nitrogen and oxygen atoms in total. The Labute approximate surface area is 49.8 Å². The minimum Gasteiger partial charge on any atom is -0.394 e. The molecule has 0 spiro atoms. The second-order valence-corrected chi connectivity index (χ2v) is 1.32. The molecule has 0 aliphatic rings. The molecule has 0 saturated heterocycles. The molecule has 0 radical (unpaired) electrons. The van der Waals surface area contributed by atoms with Gasteiger partial charge in [0.15, 0.2) is 0 Å². The van der Waals surface area contributed by atoms with E-state index in [1.165, 1.54) is 0 Å². The van der Waals surface area contributed by atoms with Crippen molar-refractivity contribution >= 4 is 0 Å². The van der Waals surface area contributed by atoms with Crippen LogP contribution in [0.3, 0.4) is 0 Å². The molecule has 0 aromatic heterocycles. The maximum atomic E-state index is 8.62. The molecule has 4 heteroatoms. The molecule has 0 aliphatic heterocycles. The van der Waals surface area contributed by atoms with Gasteiger partial charge in [-0.2, -0.15) is 0 Å². The van der Waals surface area contributed by atoms with Crippen LogP contribution >= 0.6 is 0 Å². The van der Waals surface area contributed by atoms with E-state index in [9.17, 15) is 0 Å². The van der Waals surface area contributed by atoms with Crippen LogP contribution in [0, 0.1) is 0 Å². The van der Waals surface area contributed by atoms with Crippen molar-refractivity contribution in [1.82, 2.24) is 0 Å². The summed E-state index contributed by atoms with van der Waals surface area (Å²) >= 11 is 0. The molecule has 0 saturated carbocycles. The third-order valence-corrected chi connectivity index (χ3v) is 0.684. The number of hydrogen-bond acceptors (Lipinski definition) is 4. The molecule has 50 valence electrons. The Hall–Kier alpha value is -0.160. The van der Waals surface area contributed by atoms with Gasteiger partial charge in [0.05, 0.1) is 15.9 Å². The second-order valence-electron chi connectivity index (χ2n) is 1.32. The smallest absolute Gasteiger partial charge is 0.105 e. The maximum Gasteiger partial charge on any atom is 0.105 e. The highest BCUT2D eigenvalue weighted by molar-refractivity contribution is 4.62. The van der Waals surface area contributed by atoms with Gasteiger partial charge in [-0.15, -0.1) is 0 Å². The fourth-order valence-electron chi connectivity index (χ4n) is 0.186. The zero-order chi connectivity index (χ0) is 8.36. The van der Waals surface area contributed by atoms with Crippen LogP contribution in [-0.2, 0) is 0 Å². The van der Waals surface area contributed by atoms with Crippen LogP contribution in [0.15, 0.2) is 0 Å². The van der Waals surface area contributed by atoms with Crippen molar-refractivity contribution in [3.05, 3.63) is 0 Å². The summed E-state index contributed by atoms with van der Waals surface area (Å²) in [6.07, 6.45) is -3.63. The predicted molar refractivity (Wildman–Crippen MR) is 26.2 cm³/mol. The van der Waals surface area contributed by atoms with Crippen LogP contribution in [0.5, 0.6) is 0 Å². The third-order valence-electron chi connectivity index (χ3n) is 0.684. The van der Waals surface area contributed by atoms with E-state index >= 15 is 0 Å². The van der Waals surface area contributed by atoms with E-state index in [-0.39, 0.29) is 0 Å². The zero-order valence-corrected chi connectivity index (χ0v) is 4.15. The van der Waals surface area contributed by atoms with Crippen molar-refractivity contribution in [2.24, 2.45) is 0 Å². The minimum absolute atomic E-state index is 0.790. The summed E-state index contributed by atoms with van der Waals surface area (Å²) in [6.45, 7) is -3.66. The Bertz CT molecular complexity index is 102. The van der Waals surface area contributed by atoms with Crippen molar-refractivity contribution < 1.29 is 23.2 Å². The second kappa shape index (κ2) is 3.80. The van der Waals surface area contributed by atoms with Gasteiger partial charge in [0.1, 0.15) is 12.2 Å². The zero-order valence-electron chi connectivity index (χ0n) is 6.15. The van der Waals surface area contributed by atoms with E-state index in [0.29, 0.717) is 0 Å². The molecule has 0 fully saturated rings. The molecule has 0 rings (SSSR count). The largest absolute Gasteiger partial charge is 0.394 e. The van der Waals surface area contributed by atoms with Gasteiger partial charge in [0.2, 0.25) is 0 Å². The lowest BCUT2D eigenvalue weighted by Gasteiger charge is -2.10. The van der Waals surface area contributed by atoms with Crippen LogP contribution in [0.4, 0.5) is 0 Å². The molecule has 2 atom stereocenters. The van der Waals surface area contributed by atoms with Gasteiger partial charge < -0.3 is 20.4 Å². The monoisotopic (exact) mass is 124 g/mol. The molecule has 0 aliphatic carbocycles. The molecule has 4 N–H and O–H groups in total. The summed E-state index contributed by atoms with van der Waals surface area (Å²) in [6, 6.07) is 0. The number of rotatable bonds is 3. The van der Waals surface area contributed by atoms with E-state index in [1.807, 2.05) is 0 Å².